The number of nitrogens with one attached hydrogen (secondary N) is 2. The number of carbonyl (C=O) groups excluding carboxylic acids is 2. The number of aryl methyl sites for hydroxylation is 1. The van der Waals surface area contributed by atoms with E-state index in [1.807, 2.05) is 18.2 Å². The van der Waals surface area contributed by atoms with Crippen LogP contribution in [0.1, 0.15) is 32.8 Å². The highest BCUT2D eigenvalue weighted by molar-refractivity contribution is 7.89. The lowest BCUT2D eigenvalue weighted by Gasteiger charge is -2.16. The van der Waals surface area contributed by atoms with Crippen LogP contribution in [0.2, 0.25) is 0 Å². The van der Waals surface area contributed by atoms with E-state index in [0.29, 0.717) is 17.1 Å². The average molecular weight is 496 g/mol. The molecule has 0 aliphatic carbocycles. The fraction of sp³-hybridized carbons (Fsp3) is 0.200. The molecule has 0 saturated carbocycles. The van der Waals surface area contributed by atoms with Crippen molar-refractivity contribution in [1.82, 2.24) is 9.62 Å². The molecule has 9 heteroatoms. The molecule has 0 fully saturated rings. The van der Waals surface area contributed by atoms with Crippen molar-refractivity contribution < 1.29 is 18.0 Å². The molecule has 1 aliphatic rings. The van der Waals surface area contributed by atoms with Crippen LogP contribution in [0, 0.1) is 0 Å². The molecule has 0 spiro atoms. The summed E-state index contributed by atoms with van der Waals surface area (Å²) in [5, 5.41) is 6.26. The Morgan fingerprint density at radius 3 is 2.47 bits per heavy atom. The maximum atomic E-state index is 13.1. The van der Waals surface area contributed by atoms with Crippen molar-refractivity contribution in [3.05, 3.63) is 94.9 Å². The first-order valence-electron chi connectivity index (χ1n) is 10.8. The predicted octanol–water partition coefficient (Wildman–Crippen LogP) is 3.94. The summed E-state index contributed by atoms with van der Waals surface area (Å²) < 4.78 is 27.6. The molecule has 2 heterocycles. The predicted molar refractivity (Wildman–Crippen MR) is 133 cm³/mol. The smallest absolute Gasteiger partial charge is 0.251 e. The van der Waals surface area contributed by atoms with Crippen LogP contribution in [0.5, 0.6) is 0 Å². The van der Waals surface area contributed by atoms with Gasteiger partial charge in [0.25, 0.3) is 5.91 Å². The normalized spacial score (nSPS) is 13.3. The first kappa shape index (κ1) is 23.9. The molecule has 176 valence electrons. The Labute approximate surface area is 203 Å². The van der Waals surface area contributed by atoms with Gasteiger partial charge in [0.05, 0.1) is 9.90 Å². The van der Waals surface area contributed by atoms with Crippen LogP contribution in [0.4, 0.5) is 5.00 Å². The number of sulfonamides is 1. The van der Waals surface area contributed by atoms with E-state index < -0.39 is 10.0 Å². The third-order valence-corrected chi connectivity index (χ3v) is 8.40. The van der Waals surface area contributed by atoms with Crippen LogP contribution in [0.3, 0.4) is 0 Å². The van der Waals surface area contributed by atoms with Gasteiger partial charge in [-0.3, -0.25) is 9.59 Å². The lowest BCUT2D eigenvalue weighted by molar-refractivity contribution is -0.111. The van der Waals surface area contributed by atoms with Crippen molar-refractivity contribution in [1.29, 1.82) is 0 Å². The van der Waals surface area contributed by atoms with Gasteiger partial charge in [0.2, 0.25) is 15.9 Å². The van der Waals surface area contributed by atoms with Crippen LogP contribution in [-0.4, -0.2) is 31.1 Å². The van der Waals surface area contributed by atoms with Crippen LogP contribution in [0.15, 0.2) is 78.2 Å². The molecule has 4 rings (SSSR count). The van der Waals surface area contributed by atoms with Crippen molar-refractivity contribution >= 4 is 38.2 Å². The van der Waals surface area contributed by atoms with Crippen molar-refractivity contribution in [2.45, 2.75) is 30.8 Å². The Bertz CT molecular complexity index is 1280. The molecule has 2 aromatic carbocycles. The number of anilines is 1. The molecule has 34 heavy (non-hydrogen) atoms. The Hall–Kier alpha value is -3.27. The average Bonchev–Trinajstić information content (AvgIpc) is 3.41. The van der Waals surface area contributed by atoms with E-state index in [4.69, 9.17) is 0 Å². The molecular weight excluding hydrogens is 470 g/mol. The van der Waals surface area contributed by atoms with E-state index in [-0.39, 0.29) is 29.8 Å². The molecule has 0 unspecified atom stereocenters. The fourth-order valence-electron chi connectivity index (χ4n) is 3.71. The monoisotopic (exact) mass is 495 g/mol. The second kappa shape index (κ2) is 10.3. The van der Waals surface area contributed by atoms with E-state index in [1.165, 1.54) is 51.5 Å². The van der Waals surface area contributed by atoms with Gasteiger partial charge in [-0.15, -0.1) is 11.3 Å². The maximum Gasteiger partial charge on any atom is 0.251 e. The molecule has 0 saturated heterocycles. The number of thiophene rings is 1. The van der Waals surface area contributed by atoms with Crippen molar-refractivity contribution in [3.63, 3.8) is 0 Å². The summed E-state index contributed by atoms with van der Waals surface area (Å²) in [4.78, 5) is 24.9. The maximum absolute atomic E-state index is 13.1. The molecular formula is C25H25N3O4S2. The summed E-state index contributed by atoms with van der Waals surface area (Å²) in [7, 11) is -3.71. The Morgan fingerprint density at radius 2 is 1.79 bits per heavy atom. The largest absolute Gasteiger partial charge is 0.352 e. The molecule has 2 amide bonds. The SMILES string of the molecule is C=CC(=O)Nc1cc2c(s1)CN(S(=O)(=O)c1ccc(C(=O)NCCCc3ccccc3)cc1)C2. The van der Waals surface area contributed by atoms with Crippen LogP contribution in [0.25, 0.3) is 0 Å². The molecule has 0 radical (unpaired) electrons. The van der Waals surface area contributed by atoms with Crippen LogP contribution in [-0.2, 0) is 34.3 Å². The number of benzene rings is 2. The number of fused-ring (bicyclic) bond motifs is 1. The molecule has 0 atom stereocenters. The molecule has 7 nitrogen and oxygen atoms in total. The van der Waals surface area contributed by atoms with Crippen LogP contribution < -0.4 is 10.6 Å². The number of amides is 2. The van der Waals surface area contributed by atoms with E-state index >= 15 is 0 Å². The van der Waals surface area contributed by atoms with Crippen LogP contribution >= 0.6 is 11.3 Å². The van der Waals surface area contributed by atoms with E-state index in [2.05, 4.69) is 29.3 Å². The second-order valence-electron chi connectivity index (χ2n) is 7.89. The third-order valence-electron chi connectivity index (χ3n) is 5.52. The first-order chi connectivity index (χ1) is 16.4. The number of carbonyl (C=O) groups is 2. The minimum atomic E-state index is -3.71. The summed E-state index contributed by atoms with van der Waals surface area (Å²) in [6.07, 6.45) is 2.89. The van der Waals surface area contributed by atoms with Gasteiger partial charge >= 0.3 is 0 Å². The first-order valence-corrected chi connectivity index (χ1v) is 13.1. The zero-order chi connectivity index (χ0) is 24.1. The quantitative estimate of drug-likeness (QED) is 0.347. The Morgan fingerprint density at radius 1 is 1.06 bits per heavy atom. The summed E-state index contributed by atoms with van der Waals surface area (Å²) in [6, 6.07) is 17.9. The molecule has 3 aromatic rings. The summed E-state index contributed by atoms with van der Waals surface area (Å²) in [5.41, 5.74) is 2.52. The summed E-state index contributed by atoms with van der Waals surface area (Å²) in [5.74, 6) is -0.529. The van der Waals surface area contributed by atoms with Gasteiger partial charge in [0.1, 0.15) is 0 Å². The minimum absolute atomic E-state index is 0.142. The Balaban J connectivity index is 1.32. The molecule has 1 aromatic heterocycles. The van der Waals surface area contributed by atoms with Crippen molar-refractivity contribution in [2.75, 3.05) is 11.9 Å². The van der Waals surface area contributed by atoms with E-state index in [0.717, 1.165) is 23.3 Å². The van der Waals surface area contributed by atoms with E-state index in [1.54, 1.807) is 6.07 Å². The Kier molecular flexibility index (Phi) is 7.26. The standard InChI is InChI=1S/C25H25N3O4S2/c1-2-23(29)27-24-15-20-16-28(17-22(20)33-24)34(31,32)21-12-10-19(11-13-21)25(30)26-14-6-9-18-7-4-3-5-8-18/h2-5,7-8,10-13,15H,1,6,9,14,16-17H2,(H,26,30)(H,27,29). The summed E-state index contributed by atoms with van der Waals surface area (Å²) >= 11 is 1.36. The van der Waals surface area contributed by atoms with Gasteiger partial charge in [0, 0.05) is 30.1 Å². The van der Waals surface area contributed by atoms with Gasteiger partial charge < -0.3 is 10.6 Å². The molecule has 2 N–H and O–H groups in total. The van der Waals surface area contributed by atoms with Gasteiger partial charge in [0.15, 0.2) is 0 Å². The highest BCUT2D eigenvalue weighted by atomic mass is 32.2. The van der Waals surface area contributed by atoms with Gasteiger partial charge in [-0.2, -0.15) is 4.31 Å². The van der Waals surface area contributed by atoms with Crippen molar-refractivity contribution in [2.24, 2.45) is 0 Å². The molecule has 1 aliphatic heterocycles. The third kappa shape index (κ3) is 5.44. The lowest BCUT2D eigenvalue weighted by atomic mass is 10.1. The van der Waals surface area contributed by atoms with Gasteiger partial charge in [-0.1, -0.05) is 36.9 Å². The summed E-state index contributed by atoms with van der Waals surface area (Å²) in [6.45, 7) is 4.45. The topological polar surface area (TPSA) is 95.6 Å². The zero-order valence-corrected chi connectivity index (χ0v) is 20.1. The van der Waals surface area contributed by atoms with E-state index in [9.17, 15) is 18.0 Å². The number of rotatable bonds is 9. The number of nitrogens with zero attached hydrogens (tertiary/aromatic N) is 1. The number of hydrogen-bond donors (Lipinski definition) is 2. The minimum Gasteiger partial charge on any atom is -0.352 e. The fourth-order valence-corrected chi connectivity index (χ4v) is 6.27. The van der Waals surface area contributed by atoms with Gasteiger partial charge in [-0.25, -0.2) is 8.42 Å². The van der Waals surface area contributed by atoms with Crippen molar-refractivity contribution in [3.8, 4) is 0 Å². The van der Waals surface area contributed by atoms with Gasteiger partial charge in [-0.05, 0) is 60.4 Å². The second-order valence-corrected chi connectivity index (χ2v) is 11.0. The highest BCUT2D eigenvalue weighted by Crippen LogP contribution is 2.36. The molecule has 0 bridgehead atoms. The lowest BCUT2D eigenvalue weighted by Crippen LogP contribution is -2.26. The zero-order valence-electron chi connectivity index (χ0n) is 18.5. The number of hydrogen-bond acceptors (Lipinski definition) is 5. The highest BCUT2D eigenvalue weighted by Gasteiger charge is 2.32.